The van der Waals surface area contributed by atoms with Crippen LogP contribution in [0.25, 0.3) is 33.5 Å². The van der Waals surface area contributed by atoms with Gasteiger partial charge in [0.15, 0.2) is 5.82 Å². The third-order valence-corrected chi connectivity index (χ3v) is 5.12. The Morgan fingerprint density at radius 3 is 2.72 bits per heavy atom. The maximum absolute atomic E-state index is 11.3. The number of carbonyl (C=O) groups is 1. The van der Waals surface area contributed by atoms with Crippen molar-refractivity contribution < 1.29 is 9.90 Å². The molecule has 0 bridgehead atoms. The van der Waals surface area contributed by atoms with Crippen LogP contribution in [0.1, 0.15) is 0 Å². The van der Waals surface area contributed by atoms with Gasteiger partial charge in [-0.25, -0.2) is 4.98 Å². The predicted octanol–water partition coefficient (Wildman–Crippen LogP) is 5.34. The second-order valence-electron chi connectivity index (χ2n) is 5.58. The summed E-state index contributed by atoms with van der Waals surface area (Å²) in [6, 6.07) is 11.1. The molecule has 0 saturated carbocycles. The maximum atomic E-state index is 11.3. The van der Waals surface area contributed by atoms with Crippen LogP contribution in [0.4, 0.5) is 0 Å². The van der Waals surface area contributed by atoms with Crippen LogP contribution in [0.15, 0.2) is 40.9 Å². The molecule has 2 aromatic heterocycles. The number of benzene rings is 2. The number of carboxylic acids is 1. The molecule has 25 heavy (non-hydrogen) atoms. The Labute approximate surface area is 160 Å². The van der Waals surface area contributed by atoms with Gasteiger partial charge in [0.1, 0.15) is 6.54 Å². The van der Waals surface area contributed by atoms with Gasteiger partial charge in [0.05, 0.1) is 26.8 Å². The van der Waals surface area contributed by atoms with Crippen LogP contribution in [-0.2, 0) is 11.3 Å². The molecule has 0 fully saturated rings. The van der Waals surface area contributed by atoms with Gasteiger partial charge < -0.3 is 14.7 Å². The Balaban J connectivity index is 1.99. The standard InChI is InChI=1S/C17H10BrCl2N3O2/c18-9-2-1-8-3-14(21-12(8)4-9)17-22-13-5-10(19)11(20)6-15(13)23(17)7-16(24)25/h1-6,21H,7H2,(H,24,25). The number of H-pyrrole nitrogens is 1. The zero-order chi connectivity index (χ0) is 17.7. The number of imidazole rings is 1. The Morgan fingerprint density at radius 2 is 1.96 bits per heavy atom. The summed E-state index contributed by atoms with van der Waals surface area (Å²) in [6.07, 6.45) is 0. The van der Waals surface area contributed by atoms with Crippen LogP contribution in [0, 0.1) is 0 Å². The van der Waals surface area contributed by atoms with E-state index in [-0.39, 0.29) is 6.54 Å². The molecule has 5 nitrogen and oxygen atoms in total. The number of aliphatic carboxylic acids is 1. The van der Waals surface area contributed by atoms with Crippen LogP contribution >= 0.6 is 39.1 Å². The molecule has 0 spiro atoms. The van der Waals surface area contributed by atoms with E-state index in [1.807, 2.05) is 24.3 Å². The van der Waals surface area contributed by atoms with E-state index in [1.165, 1.54) is 0 Å². The van der Waals surface area contributed by atoms with Gasteiger partial charge in [-0.1, -0.05) is 45.2 Å². The third-order valence-electron chi connectivity index (χ3n) is 3.91. The largest absolute Gasteiger partial charge is 0.480 e. The van der Waals surface area contributed by atoms with Gasteiger partial charge in [-0.15, -0.1) is 0 Å². The summed E-state index contributed by atoms with van der Waals surface area (Å²) in [5.41, 5.74) is 2.85. The number of hydrogen-bond acceptors (Lipinski definition) is 2. The Kier molecular flexibility index (Phi) is 3.98. The highest BCUT2D eigenvalue weighted by molar-refractivity contribution is 9.10. The summed E-state index contributed by atoms with van der Waals surface area (Å²) >= 11 is 15.6. The quantitative estimate of drug-likeness (QED) is 0.453. The van der Waals surface area contributed by atoms with Crippen LogP contribution in [0.5, 0.6) is 0 Å². The second kappa shape index (κ2) is 6.05. The highest BCUT2D eigenvalue weighted by Crippen LogP contribution is 2.32. The lowest BCUT2D eigenvalue weighted by molar-refractivity contribution is -0.137. The second-order valence-corrected chi connectivity index (χ2v) is 7.31. The van der Waals surface area contributed by atoms with Gasteiger partial charge in [-0.2, -0.15) is 0 Å². The first-order chi connectivity index (χ1) is 11.9. The fourth-order valence-electron chi connectivity index (χ4n) is 2.84. The van der Waals surface area contributed by atoms with Crippen LogP contribution in [0.2, 0.25) is 10.0 Å². The molecule has 0 aliphatic heterocycles. The zero-order valence-electron chi connectivity index (χ0n) is 12.6. The molecule has 8 heteroatoms. The first-order valence-corrected chi connectivity index (χ1v) is 8.83. The van der Waals surface area contributed by atoms with Crippen LogP contribution in [-0.4, -0.2) is 25.6 Å². The number of aromatic amines is 1. The smallest absolute Gasteiger partial charge is 0.323 e. The van der Waals surface area contributed by atoms with Crippen molar-refractivity contribution in [3.63, 3.8) is 0 Å². The van der Waals surface area contributed by atoms with Crippen LogP contribution < -0.4 is 0 Å². The van der Waals surface area contributed by atoms with Crippen LogP contribution in [0.3, 0.4) is 0 Å². The lowest BCUT2D eigenvalue weighted by Crippen LogP contribution is -2.10. The monoisotopic (exact) mass is 437 g/mol. The number of hydrogen-bond donors (Lipinski definition) is 2. The Morgan fingerprint density at radius 1 is 1.20 bits per heavy atom. The Bertz CT molecular complexity index is 1150. The zero-order valence-corrected chi connectivity index (χ0v) is 15.7. The molecule has 0 unspecified atom stereocenters. The molecular weight excluding hydrogens is 429 g/mol. The van der Waals surface area contributed by atoms with E-state index < -0.39 is 5.97 Å². The maximum Gasteiger partial charge on any atom is 0.323 e. The van der Waals surface area contributed by atoms with Crippen molar-refractivity contribution in [2.24, 2.45) is 0 Å². The fourth-order valence-corrected chi connectivity index (χ4v) is 3.52. The minimum atomic E-state index is -0.967. The number of carboxylic acid groups (broad SMARTS) is 1. The van der Waals surface area contributed by atoms with E-state index in [2.05, 4.69) is 25.9 Å². The number of halogens is 3. The van der Waals surface area contributed by atoms with Gasteiger partial charge in [0.2, 0.25) is 0 Å². The van der Waals surface area contributed by atoms with Crippen molar-refractivity contribution >= 4 is 67.0 Å². The van der Waals surface area contributed by atoms with Gasteiger partial charge >= 0.3 is 5.97 Å². The molecule has 0 atom stereocenters. The molecule has 0 amide bonds. The van der Waals surface area contributed by atoms with E-state index in [1.54, 1.807) is 16.7 Å². The first kappa shape index (κ1) is 16.4. The predicted molar refractivity (Wildman–Crippen MR) is 102 cm³/mol. The average Bonchev–Trinajstić information content (AvgIpc) is 3.09. The molecular formula is C17H10BrCl2N3O2. The molecule has 0 saturated heterocycles. The van der Waals surface area contributed by atoms with Crippen molar-refractivity contribution in [3.8, 4) is 11.5 Å². The van der Waals surface area contributed by atoms with Gasteiger partial charge in [0.25, 0.3) is 0 Å². The summed E-state index contributed by atoms with van der Waals surface area (Å²) in [4.78, 5) is 19.2. The summed E-state index contributed by atoms with van der Waals surface area (Å²) in [5.74, 6) is -0.450. The highest BCUT2D eigenvalue weighted by Gasteiger charge is 2.18. The molecule has 2 N–H and O–H groups in total. The normalized spacial score (nSPS) is 11.5. The number of rotatable bonds is 3. The van der Waals surface area contributed by atoms with E-state index in [0.717, 1.165) is 21.1 Å². The molecule has 0 aliphatic carbocycles. The molecule has 126 valence electrons. The SMILES string of the molecule is O=C(O)Cn1c(-c2cc3ccc(Br)cc3[nH]2)nc2cc(Cl)c(Cl)cc21. The molecule has 2 heterocycles. The topological polar surface area (TPSA) is 70.9 Å². The van der Waals surface area contributed by atoms with Crippen molar-refractivity contribution in [3.05, 3.63) is 50.9 Å². The lowest BCUT2D eigenvalue weighted by atomic mass is 10.2. The van der Waals surface area contributed by atoms with Crippen molar-refractivity contribution in [1.29, 1.82) is 0 Å². The van der Waals surface area contributed by atoms with Gasteiger partial charge in [-0.05, 0) is 30.3 Å². The third kappa shape index (κ3) is 2.90. The van der Waals surface area contributed by atoms with Crippen molar-refractivity contribution in [2.75, 3.05) is 0 Å². The molecule has 0 aliphatic rings. The summed E-state index contributed by atoms with van der Waals surface area (Å²) in [5, 5.41) is 11.0. The minimum absolute atomic E-state index is 0.233. The highest BCUT2D eigenvalue weighted by atomic mass is 79.9. The minimum Gasteiger partial charge on any atom is -0.480 e. The first-order valence-electron chi connectivity index (χ1n) is 7.28. The Hall–Kier alpha value is -2.02. The van der Waals surface area contributed by atoms with E-state index >= 15 is 0 Å². The summed E-state index contributed by atoms with van der Waals surface area (Å²) in [7, 11) is 0. The van der Waals surface area contributed by atoms with Gasteiger partial charge in [0, 0.05) is 15.4 Å². The van der Waals surface area contributed by atoms with Gasteiger partial charge in [-0.3, -0.25) is 4.79 Å². The molecule has 0 radical (unpaired) electrons. The molecule has 4 rings (SSSR count). The average molecular weight is 439 g/mol. The van der Waals surface area contributed by atoms with E-state index in [0.29, 0.717) is 26.9 Å². The lowest BCUT2D eigenvalue weighted by Gasteiger charge is -2.05. The summed E-state index contributed by atoms with van der Waals surface area (Å²) < 4.78 is 2.56. The summed E-state index contributed by atoms with van der Waals surface area (Å²) in [6.45, 7) is -0.233. The van der Waals surface area contributed by atoms with E-state index in [4.69, 9.17) is 23.2 Å². The number of nitrogens with zero attached hydrogens (tertiary/aromatic N) is 2. The number of fused-ring (bicyclic) bond motifs is 2. The van der Waals surface area contributed by atoms with Crippen molar-refractivity contribution in [2.45, 2.75) is 6.54 Å². The fraction of sp³-hybridized carbons (Fsp3) is 0.0588. The number of aromatic nitrogens is 3. The number of nitrogens with one attached hydrogen (secondary N) is 1. The van der Waals surface area contributed by atoms with E-state index in [9.17, 15) is 9.90 Å². The van der Waals surface area contributed by atoms with Crippen molar-refractivity contribution in [1.82, 2.24) is 14.5 Å². The molecule has 2 aromatic carbocycles. The molecule has 4 aromatic rings.